The van der Waals surface area contributed by atoms with Crippen LogP contribution < -0.4 is 56.7 Å². The van der Waals surface area contributed by atoms with Gasteiger partial charge in [0.25, 0.3) is 5.91 Å². The zero-order valence-electron chi connectivity index (χ0n) is 68.0. The van der Waals surface area contributed by atoms with E-state index in [9.17, 15) is 42.6 Å². The minimum Gasteiger partial charge on any atom is -0.508 e. The van der Waals surface area contributed by atoms with Gasteiger partial charge in [-0.15, -0.1) is 0 Å². The van der Waals surface area contributed by atoms with Crippen molar-refractivity contribution in [2.45, 2.75) is 191 Å². The largest absolute Gasteiger partial charge is 0.508 e. The second kappa shape index (κ2) is 38.2. The Bertz CT molecular complexity index is 4930. The Morgan fingerprint density at radius 2 is 1.08 bits per heavy atom. The number of aromatic hydroxyl groups is 1. The van der Waals surface area contributed by atoms with Gasteiger partial charge in [-0.3, -0.25) is 47.9 Å². The van der Waals surface area contributed by atoms with Gasteiger partial charge in [-0.25, -0.2) is 18.2 Å². The van der Waals surface area contributed by atoms with Crippen molar-refractivity contribution in [3.8, 4) is 28.4 Å². The maximum atomic E-state index is 15.4. The number of nitrogens with zero attached hydrogens (tertiary/aromatic N) is 4. The Kier molecular flexibility index (Phi) is 28.3. The predicted molar refractivity (Wildman–Crippen MR) is 441 cm³/mol. The number of benzene rings is 6. The molecule has 30 nitrogen and oxygen atoms in total. The number of fused-ring (bicyclic) bond motifs is 1. The second-order valence-electron chi connectivity index (χ2n) is 32.9. The van der Waals surface area contributed by atoms with E-state index in [1.807, 2.05) is 42.5 Å². The Hall–Kier alpha value is -11.5. The topological polar surface area (TPSA) is 406 Å². The van der Waals surface area contributed by atoms with Crippen molar-refractivity contribution in [2.75, 3.05) is 40.4 Å². The van der Waals surface area contributed by atoms with E-state index >= 15 is 24.0 Å². The molecule has 7 aromatic rings. The van der Waals surface area contributed by atoms with Crippen LogP contribution in [0.1, 0.15) is 115 Å². The van der Waals surface area contributed by atoms with E-state index in [2.05, 4.69) is 52.2 Å². The number of amides is 9. The lowest BCUT2D eigenvalue weighted by Crippen LogP contribution is -2.61. The number of carboxylic acids is 1. The fourth-order valence-corrected chi connectivity index (χ4v) is 15.8. The molecule has 0 spiro atoms. The number of likely N-dealkylation sites (N-methyl/N-ethyl adjacent to an activating group) is 2. The molecule has 628 valence electrons. The van der Waals surface area contributed by atoms with Gasteiger partial charge in [0.2, 0.25) is 57.3 Å². The number of hydrogen-bond donors (Lipinski definition) is 11. The number of aliphatic carboxylic acids is 1. The van der Waals surface area contributed by atoms with Crippen LogP contribution in [0.5, 0.6) is 17.2 Å². The lowest BCUT2D eigenvalue weighted by Gasteiger charge is -2.36. The first-order valence-corrected chi connectivity index (χ1v) is 41.3. The third-order valence-corrected chi connectivity index (χ3v) is 23.7. The first kappa shape index (κ1) is 87.3. The number of nitrogens with one attached hydrogen (secondary N) is 9. The molecule has 6 aromatic carbocycles. The molecule has 6 aliphatic heterocycles. The average Bonchev–Trinajstić information content (AvgIpc) is 1.70. The number of rotatable bonds is 17. The van der Waals surface area contributed by atoms with Crippen molar-refractivity contribution in [1.29, 1.82) is 0 Å². The monoisotopic (exact) mass is 1640 g/mol. The van der Waals surface area contributed by atoms with Gasteiger partial charge < -0.3 is 81.3 Å². The van der Waals surface area contributed by atoms with Crippen molar-refractivity contribution in [3.05, 3.63) is 192 Å². The summed E-state index contributed by atoms with van der Waals surface area (Å²) in [7, 11) is -0.985. The quantitative estimate of drug-likeness (QED) is 0.0519. The number of aromatic nitrogens is 2. The zero-order chi connectivity index (χ0) is 84.9. The van der Waals surface area contributed by atoms with Crippen LogP contribution in [0.3, 0.4) is 0 Å². The zero-order valence-corrected chi connectivity index (χ0v) is 68.8. The number of imidazole rings is 1. The molecule has 14 rings (SSSR count). The summed E-state index contributed by atoms with van der Waals surface area (Å²) in [6.45, 7) is 13.7. The number of carbonyl (C=O) groups excluding carboxylic acids is 9. The van der Waals surface area contributed by atoms with Crippen molar-refractivity contribution in [1.82, 2.24) is 66.6 Å². The van der Waals surface area contributed by atoms with Crippen LogP contribution in [-0.4, -0.2) is 209 Å². The number of carboxylic acid groups (broad SMARTS) is 1. The number of phenols is 1. The van der Waals surface area contributed by atoms with Crippen LogP contribution >= 0.6 is 0 Å². The molecule has 31 heteroatoms. The van der Waals surface area contributed by atoms with Gasteiger partial charge in [0.1, 0.15) is 78.8 Å². The summed E-state index contributed by atoms with van der Waals surface area (Å²) < 4.78 is 49.7. The van der Waals surface area contributed by atoms with Crippen molar-refractivity contribution in [3.63, 3.8) is 0 Å². The predicted octanol–water partition coefficient (Wildman–Crippen LogP) is 5.25. The lowest BCUT2D eigenvalue weighted by atomic mass is 9.85. The molecule has 10 bridgehead atoms. The summed E-state index contributed by atoms with van der Waals surface area (Å²) in [6, 6.07) is 27.0. The molecule has 2 saturated heterocycles. The van der Waals surface area contributed by atoms with Gasteiger partial charge in [-0.05, 0) is 145 Å². The van der Waals surface area contributed by atoms with Crippen LogP contribution in [0.15, 0.2) is 164 Å². The van der Waals surface area contributed by atoms with E-state index < -0.39 is 158 Å². The molecular formula is C87H107N13O17S. The third-order valence-electron chi connectivity index (χ3n) is 21.9. The smallest absolute Gasteiger partial charge is 0.326 e. The minimum absolute atomic E-state index is 0.00175. The molecule has 7 aliphatic rings. The van der Waals surface area contributed by atoms with E-state index in [1.165, 1.54) is 16.1 Å². The molecular weight excluding hydrogens is 1530 g/mol. The Labute approximate surface area is 686 Å². The van der Waals surface area contributed by atoms with Crippen LogP contribution in [-0.2, 0) is 95.0 Å². The first-order chi connectivity index (χ1) is 56.1. The van der Waals surface area contributed by atoms with Gasteiger partial charge in [-0.2, -0.15) is 0 Å². The maximum absolute atomic E-state index is 15.4. The average molecular weight is 1640 g/mol. The van der Waals surface area contributed by atoms with Gasteiger partial charge >= 0.3 is 5.97 Å². The first-order valence-electron chi connectivity index (χ1n) is 39.8. The third kappa shape index (κ3) is 22.8. The van der Waals surface area contributed by atoms with E-state index in [4.69, 9.17) is 14.2 Å². The standard InChI is InChI=1S/C87H107N13O17S/c1-51(88-9)76(102)95-74(86(3,4)5)83(109)99-47-62-44-72(99)81(107)93-69(43-56-19-26-57-15-11-12-16-60(57)39-56)79(105)94-71(85(111)112)42-55-20-31-64(32-21-55)115-37-13-14-38-116-66-45-73(100(48-66)84(110)75(87(6,7)8)96-77(103)52(2)89-10)82(108)92-68(40-53-17-24-58(25-18-53)59-27-29-63(101)30-28-59)78(104)91-70(80(106)97-118(113,114)67-35-36-67)41-54-22-33-65(34-23-54)117-49-61-46-98(62)50-90-61/h11-34,39,46,50-52,62,66-75,88-89,101H,35-38,40-45,47-49H2,1-10H3,(H,91,104)(H,92,108)(H,93,107)(H,94,105)(H,95,102)(H,96,103)(H,97,106)(H,111,112)/b14-13+/t51-,52-,62?,66?,68-,69-,70-,71-,72-,73?,74+,75+/m0/s1. The fraction of sp³-hybridized carbons (Fsp3) is 0.437. The molecule has 12 atom stereocenters. The van der Waals surface area contributed by atoms with Crippen molar-refractivity contribution in [2.24, 2.45) is 10.8 Å². The number of sulfonamides is 1. The molecule has 11 N–H and O–H groups in total. The van der Waals surface area contributed by atoms with E-state index in [-0.39, 0.29) is 77.2 Å². The molecule has 1 aromatic heterocycles. The number of likely N-dealkylation sites (tertiary alicyclic amines) is 2. The van der Waals surface area contributed by atoms with Crippen molar-refractivity contribution >= 4 is 79.9 Å². The summed E-state index contributed by atoms with van der Waals surface area (Å²) in [5.41, 5.74) is 2.30. The number of hydrogen-bond acceptors (Lipinski definition) is 19. The molecule has 0 radical (unpaired) electrons. The number of ether oxygens (including phenoxy) is 3. The summed E-state index contributed by atoms with van der Waals surface area (Å²) in [5, 5.41) is 44.6. The van der Waals surface area contributed by atoms with Crippen LogP contribution in [0, 0.1) is 10.8 Å². The van der Waals surface area contributed by atoms with E-state index in [0.717, 1.165) is 21.9 Å². The molecule has 3 fully saturated rings. The molecule has 1 saturated carbocycles. The lowest BCUT2D eigenvalue weighted by molar-refractivity contribution is -0.145. The van der Waals surface area contributed by atoms with Crippen LogP contribution in [0.2, 0.25) is 0 Å². The van der Waals surface area contributed by atoms with Crippen LogP contribution in [0.25, 0.3) is 21.9 Å². The number of carbonyl (C=O) groups is 10. The Balaban J connectivity index is 0.924. The van der Waals surface area contributed by atoms with Gasteiger partial charge in [0.15, 0.2) is 0 Å². The maximum Gasteiger partial charge on any atom is 0.326 e. The molecule has 3 unspecified atom stereocenters. The molecule has 118 heavy (non-hydrogen) atoms. The molecule has 1 aliphatic carbocycles. The highest BCUT2D eigenvalue weighted by Gasteiger charge is 2.49. The molecule has 7 heterocycles. The summed E-state index contributed by atoms with van der Waals surface area (Å²) in [6.07, 6.45) is 5.66. The minimum atomic E-state index is -4.19. The van der Waals surface area contributed by atoms with Crippen molar-refractivity contribution < 1.29 is 80.8 Å². The van der Waals surface area contributed by atoms with Crippen LogP contribution in [0.4, 0.5) is 0 Å². The van der Waals surface area contributed by atoms with Gasteiger partial charge in [-0.1, -0.05) is 151 Å². The highest BCUT2D eigenvalue weighted by molar-refractivity contribution is 7.91. The summed E-state index contributed by atoms with van der Waals surface area (Å²) in [4.78, 5) is 154. The number of phenolic OH excluding ortho intramolecular Hbond substituents is 1. The summed E-state index contributed by atoms with van der Waals surface area (Å²) in [5.74, 6) is -6.90. The highest BCUT2D eigenvalue weighted by atomic mass is 32.2. The highest BCUT2D eigenvalue weighted by Crippen LogP contribution is 2.35. The van der Waals surface area contributed by atoms with E-state index in [0.29, 0.717) is 52.3 Å². The Morgan fingerprint density at radius 1 is 0.585 bits per heavy atom. The van der Waals surface area contributed by atoms with Gasteiger partial charge in [0.05, 0.1) is 48.1 Å². The SMILES string of the molecule is CN[C@@H](C)C(=O)N[C@H](C(=O)N1CC2CC1C(=O)N[C@@H](Cc1ccc(-c3ccc(O)cc3)cc1)C(=O)N[C@H](C(=O)NS(=O)(=O)C1CC1)Cc1ccc(cc1)OCc1cn(cn1)C1C[C@@H](C(=O)N[C@@H](Cc3ccc4ccccc4c3)C(=O)N[C@H](C(=O)O)Cc3ccc(cc3)OC/C=C/CO2)N(C(=O)[C@@H](NC(=O)[C@H](C)NC)C(C)(C)C)C1)C(C)(C)C. The second-order valence-corrected chi connectivity index (χ2v) is 34.9. The normalized spacial score (nSPS) is 22.2. The Morgan fingerprint density at radius 3 is 1.64 bits per heavy atom. The van der Waals surface area contributed by atoms with Gasteiger partial charge in [0, 0.05) is 51.4 Å². The fourth-order valence-electron chi connectivity index (χ4n) is 14.5. The van der Waals surface area contributed by atoms with E-state index in [1.54, 1.807) is 189 Å². The summed E-state index contributed by atoms with van der Waals surface area (Å²) >= 11 is 0. The molecule has 9 amide bonds.